The van der Waals surface area contributed by atoms with Crippen molar-refractivity contribution >= 4 is 5.97 Å². The van der Waals surface area contributed by atoms with Gasteiger partial charge in [0, 0.05) is 12.3 Å². The number of hydrogen-bond acceptors (Lipinski definition) is 3. The van der Waals surface area contributed by atoms with Crippen LogP contribution < -0.4 is 4.74 Å². The van der Waals surface area contributed by atoms with Crippen molar-refractivity contribution in [2.75, 3.05) is 0 Å². The van der Waals surface area contributed by atoms with Crippen molar-refractivity contribution in [1.82, 2.24) is 4.98 Å². The van der Waals surface area contributed by atoms with Crippen LogP contribution in [-0.2, 0) is 0 Å². The molecule has 4 nitrogen and oxygen atoms in total. The van der Waals surface area contributed by atoms with Crippen molar-refractivity contribution in [1.29, 1.82) is 0 Å². The van der Waals surface area contributed by atoms with Gasteiger partial charge >= 0.3 is 5.97 Å². The lowest BCUT2D eigenvalue weighted by Crippen LogP contribution is -2.19. The van der Waals surface area contributed by atoms with Gasteiger partial charge in [-0.3, -0.25) is 0 Å². The maximum atomic E-state index is 10.6. The molecular formula is C11H15NO3. The third kappa shape index (κ3) is 3.23. The van der Waals surface area contributed by atoms with E-state index in [4.69, 9.17) is 9.84 Å². The first-order chi connectivity index (χ1) is 7.00. The Kier molecular flexibility index (Phi) is 3.66. The highest BCUT2D eigenvalue weighted by molar-refractivity contribution is 5.87. The van der Waals surface area contributed by atoms with E-state index in [0.29, 0.717) is 11.8 Å². The molecule has 1 rings (SSSR count). The summed E-state index contributed by atoms with van der Waals surface area (Å²) in [5.41, 5.74) is 0.166. The van der Waals surface area contributed by atoms with Crippen LogP contribution in [0.2, 0.25) is 0 Å². The zero-order valence-electron chi connectivity index (χ0n) is 9.10. The van der Waals surface area contributed by atoms with E-state index in [0.717, 1.165) is 0 Å². The van der Waals surface area contributed by atoms with Crippen LogP contribution in [0.3, 0.4) is 0 Å². The van der Waals surface area contributed by atoms with Crippen LogP contribution in [-0.4, -0.2) is 22.2 Å². The minimum absolute atomic E-state index is 0.0631. The lowest BCUT2D eigenvalue weighted by Gasteiger charge is -2.16. The van der Waals surface area contributed by atoms with Crippen molar-refractivity contribution in [3.05, 3.63) is 23.9 Å². The number of ether oxygens (including phenoxy) is 1. The molecular weight excluding hydrogens is 194 g/mol. The fourth-order valence-electron chi connectivity index (χ4n) is 0.903. The Morgan fingerprint density at radius 3 is 2.47 bits per heavy atom. The summed E-state index contributed by atoms with van der Waals surface area (Å²) >= 11 is 0. The van der Waals surface area contributed by atoms with E-state index in [1.807, 2.05) is 6.92 Å². The van der Waals surface area contributed by atoms with Gasteiger partial charge in [-0.1, -0.05) is 13.8 Å². The molecule has 1 atom stereocenters. The number of carboxylic acid groups (broad SMARTS) is 1. The van der Waals surface area contributed by atoms with Gasteiger partial charge in [0.25, 0.3) is 0 Å². The zero-order chi connectivity index (χ0) is 11.4. The maximum absolute atomic E-state index is 10.6. The Balaban J connectivity index is 2.68. The van der Waals surface area contributed by atoms with Crippen LogP contribution >= 0.6 is 0 Å². The fourth-order valence-corrected chi connectivity index (χ4v) is 0.903. The normalized spacial score (nSPS) is 12.5. The molecule has 0 spiro atoms. The van der Waals surface area contributed by atoms with E-state index in [-0.39, 0.29) is 11.7 Å². The molecule has 0 fully saturated rings. The number of aromatic carboxylic acids is 1. The summed E-state index contributed by atoms with van der Waals surface area (Å²) in [6, 6.07) is 3.06. The molecule has 0 aliphatic heterocycles. The summed E-state index contributed by atoms with van der Waals surface area (Å²) in [6.07, 6.45) is 1.36. The molecule has 4 heteroatoms. The molecule has 0 aliphatic rings. The Hall–Kier alpha value is -1.58. The van der Waals surface area contributed by atoms with E-state index in [1.54, 1.807) is 6.07 Å². The molecule has 0 saturated carbocycles. The number of nitrogens with zero attached hydrogens (tertiary/aromatic N) is 1. The summed E-state index contributed by atoms with van der Waals surface area (Å²) in [7, 11) is 0. The topological polar surface area (TPSA) is 59.4 Å². The predicted octanol–water partition coefficient (Wildman–Crippen LogP) is 2.20. The maximum Gasteiger partial charge on any atom is 0.337 e. The third-order valence-corrected chi connectivity index (χ3v) is 2.23. The summed E-state index contributed by atoms with van der Waals surface area (Å²) in [5, 5.41) is 8.67. The molecule has 1 unspecified atom stereocenters. The summed E-state index contributed by atoms with van der Waals surface area (Å²) in [5.74, 6) is -0.127. The molecule has 0 amide bonds. The largest absolute Gasteiger partial charge is 0.478 e. The van der Waals surface area contributed by atoms with Gasteiger partial charge in [-0.2, -0.15) is 0 Å². The van der Waals surface area contributed by atoms with E-state index < -0.39 is 5.97 Å². The second-order valence-electron chi connectivity index (χ2n) is 3.76. The molecule has 1 heterocycles. The highest BCUT2D eigenvalue weighted by Crippen LogP contribution is 2.13. The molecule has 1 N–H and O–H groups in total. The van der Waals surface area contributed by atoms with Gasteiger partial charge in [0.15, 0.2) is 0 Å². The van der Waals surface area contributed by atoms with Gasteiger partial charge in [0.1, 0.15) is 0 Å². The van der Waals surface area contributed by atoms with E-state index in [1.165, 1.54) is 12.3 Å². The second-order valence-corrected chi connectivity index (χ2v) is 3.76. The van der Waals surface area contributed by atoms with Crippen molar-refractivity contribution in [2.45, 2.75) is 26.9 Å². The first kappa shape index (κ1) is 11.5. The first-order valence-corrected chi connectivity index (χ1v) is 4.86. The molecule has 0 radical (unpaired) electrons. The summed E-state index contributed by atoms with van der Waals surface area (Å²) < 4.78 is 5.51. The molecule has 15 heavy (non-hydrogen) atoms. The van der Waals surface area contributed by atoms with Crippen LogP contribution in [0, 0.1) is 5.92 Å². The average Bonchev–Trinajstić information content (AvgIpc) is 2.18. The Morgan fingerprint density at radius 1 is 1.40 bits per heavy atom. The van der Waals surface area contributed by atoms with E-state index in [2.05, 4.69) is 18.8 Å². The van der Waals surface area contributed by atoms with Gasteiger partial charge in [0.05, 0.1) is 11.7 Å². The van der Waals surface area contributed by atoms with Crippen LogP contribution in [0.5, 0.6) is 5.88 Å². The minimum atomic E-state index is -0.981. The van der Waals surface area contributed by atoms with Crippen molar-refractivity contribution < 1.29 is 14.6 Å². The average molecular weight is 209 g/mol. The molecule has 1 aromatic rings. The van der Waals surface area contributed by atoms with Gasteiger partial charge in [-0.15, -0.1) is 0 Å². The number of rotatable bonds is 4. The van der Waals surface area contributed by atoms with E-state index in [9.17, 15) is 4.79 Å². The number of aromatic nitrogens is 1. The number of carboxylic acids is 1. The Morgan fingerprint density at radius 2 is 2.07 bits per heavy atom. The lowest BCUT2D eigenvalue weighted by molar-refractivity contribution is 0.0696. The highest BCUT2D eigenvalue weighted by atomic mass is 16.5. The van der Waals surface area contributed by atoms with Crippen LogP contribution in [0.15, 0.2) is 18.3 Å². The number of pyridine rings is 1. The van der Waals surface area contributed by atoms with Gasteiger partial charge in [-0.25, -0.2) is 9.78 Å². The van der Waals surface area contributed by atoms with Crippen LogP contribution in [0.4, 0.5) is 0 Å². The SMILES string of the molecule is CC(C)C(C)Oc1ccc(C(=O)O)cn1. The standard InChI is InChI=1S/C11H15NO3/c1-7(2)8(3)15-10-5-4-9(6-12-10)11(13)14/h4-8H,1-3H3,(H,13,14). The quantitative estimate of drug-likeness (QED) is 0.825. The second kappa shape index (κ2) is 4.77. The van der Waals surface area contributed by atoms with Crippen molar-refractivity contribution in [3.63, 3.8) is 0 Å². The molecule has 0 bridgehead atoms. The molecule has 0 aliphatic carbocycles. The monoisotopic (exact) mass is 209 g/mol. The number of hydrogen-bond donors (Lipinski definition) is 1. The molecule has 1 aromatic heterocycles. The number of carbonyl (C=O) groups is 1. The first-order valence-electron chi connectivity index (χ1n) is 4.86. The molecule has 0 saturated heterocycles. The third-order valence-electron chi connectivity index (χ3n) is 2.23. The molecule has 0 aromatic carbocycles. The Bertz CT molecular complexity index is 332. The van der Waals surface area contributed by atoms with Crippen molar-refractivity contribution in [3.8, 4) is 5.88 Å². The van der Waals surface area contributed by atoms with Gasteiger partial charge in [-0.05, 0) is 18.9 Å². The van der Waals surface area contributed by atoms with Gasteiger partial charge < -0.3 is 9.84 Å². The van der Waals surface area contributed by atoms with Crippen LogP contribution in [0.1, 0.15) is 31.1 Å². The van der Waals surface area contributed by atoms with Crippen molar-refractivity contribution in [2.24, 2.45) is 5.92 Å². The molecule has 82 valence electrons. The van der Waals surface area contributed by atoms with E-state index >= 15 is 0 Å². The smallest absolute Gasteiger partial charge is 0.337 e. The highest BCUT2D eigenvalue weighted by Gasteiger charge is 2.10. The lowest BCUT2D eigenvalue weighted by atomic mass is 10.1. The predicted molar refractivity (Wildman–Crippen MR) is 56.1 cm³/mol. The zero-order valence-corrected chi connectivity index (χ0v) is 9.10. The van der Waals surface area contributed by atoms with Gasteiger partial charge in [0.2, 0.25) is 5.88 Å². The Labute approximate surface area is 88.9 Å². The summed E-state index contributed by atoms with van der Waals surface area (Å²) in [6.45, 7) is 6.06. The fraction of sp³-hybridized carbons (Fsp3) is 0.455. The van der Waals surface area contributed by atoms with Crippen LogP contribution in [0.25, 0.3) is 0 Å². The summed E-state index contributed by atoms with van der Waals surface area (Å²) in [4.78, 5) is 14.5. The minimum Gasteiger partial charge on any atom is -0.478 e.